The second-order valence-corrected chi connectivity index (χ2v) is 4.75. The van der Waals surface area contributed by atoms with Crippen molar-refractivity contribution >= 4 is 17.5 Å². The number of rotatable bonds is 5. The van der Waals surface area contributed by atoms with Gasteiger partial charge in [0.15, 0.2) is 0 Å². The smallest absolute Gasteiger partial charge is 0.251 e. The third-order valence-corrected chi connectivity index (χ3v) is 3.13. The van der Waals surface area contributed by atoms with Crippen LogP contribution in [0.1, 0.15) is 41.3 Å². The Hall–Kier alpha value is -1.02. The van der Waals surface area contributed by atoms with Crippen molar-refractivity contribution in [2.24, 2.45) is 0 Å². The molecule has 0 spiro atoms. The average molecular weight is 254 g/mol. The van der Waals surface area contributed by atoms with Crippen LogP contribution in [0.5, 0.6) is 0 Å². The van der Waals surface area contributed by atoms with Crippen LogP contribution >= 0.6 is 11.6 Å². The van der Waals surface area contributed by atoms with Gasteiger partial charge in [-0.2, -0.15) is 0 Å². The Kier molecular flexibility index (Phi) is 5.49. The number of amides is 1. The molecule has 1 N–H and O–H groups in total. The highest BCUT2D eigenvalue weighted by molar-refractivity contribution is 6.17. The summed E-state index contributed by atoms with van der Waals surface area (Å²) >= 11 is 5.71. The summed E-state index contributed by atoms with van der Waals surface area (Å²) in [5, 5.41) is 3.02. The molecule has 0 aromatic heterocycles. The molecule has 1 aromatic carbocycles. The second-order valence-electron chi connectivity index (χ2n) is 4.37. The van der Waals surface area contributed by atoms with Gasteiger partial charge in [0.05, 0.1) is 0 Å². The molecule has 0 saturated carbocycles. The first-order valence-corrected chi connectivity index (χ1v) is 6.56. The number of carbonyl (C=O) groups excluding carboxylic acids is 1. The van der Waals surface area contributed by atoms with E-state index >= 15 is 0 Å². The van der Waals surface area contributed by atoms with Crippen LogP contribution in [-0.4, -0.2) is 17.8 Å². The number of carbonyl (C=O) groups is 1. The maximum atomic E-state index is 12.1. The first-order chi connectivity index (χ1) is 8.08. The summed E-state index contributed by atoms with van der Waals surface area (Å²) in [7, 11) is 0. The molecule has 1 amide bonds. The monoisotopic (exact) mass is 253 g/mol. The summed E-state index contributed by atoms with van der Waals surface area (Å²) in [6.45, 7) is 6.04. The van der Waals surface area contributed by atoms with Gasteiger partial charge in [-0.15, -0.1) is 11.6 Å². The van der Waals surface area contributed by atoms with Crippen LogP contribution in [0, 0.1) is 13.8 Å². The molecule has 0 aliphatic heterocycles. The molecular formula is C14H20ClNO. The van der Waals surface area contributed by atoms with Gasteiger partial charge in [-0.1, -0.05) is 24.6 Å². The highest BCUT2D eigenvalue weighted by Crippen LogP contribution is 2.11. The fourth-order valence-electron chi connectivity index (χ4n) is 1.84. The zero-order valence-corrected chi connectivity index (χ0v) is 11.5. The van der Waals surface area contributed by atoms with Gasteiger partial charge in [-0.3, -0.25) is 4.79 Å². The third-order valence-electron chi connectivity index (χ3n) is 2.91. The lowest BCUT2D eigenvalue weighted by Crippen LogP contribution is -2.35. The molecule has 0 saturated heterocycles. The summed E-state index contributed by atoms with van der Waals surface area (Å²) < 4.78 is 0. The second kappa shape index (κ2) is 6.65. The molecule has 3 heteroatoms. The molecule has 17 heavy (non-hydrogen) atoms. The Morgan fingerprint density at radius 2 is 2.12 bits per heavy atom. The van der Waals surface area contributed by atoms with Crippen LogP contribution in [-0.2, 0) is 0 Å². The zero-order chi connectivity index (χ0) is 12.8. The predicted octanol–water partition coefficient (Wildman–Crippen LogP) is 3.44. The number of nitrogens with one attached hydrogen (secondary N) is 1. The highest BCUT2D eigenvalue weighted by Gasteiger charge is 2.13. The lowest BCUT2D eigenvalue weighted by Gasteiger charge is -2.16. The molecule has 0 heterocycles. The first-order valence-electron chi connectivity index (χ1n) is 6.02. The predicted molar refractivity (Wildman–Crippen MR) is 72.8 cm³/mol. The maximum absolute atomic E-state index is 12.1. The zero-order valence-electron chi connectivity index (χ0n) is 10.7. The number of alkyl halides is 1. The van der Waals surface area contributed by atoms with E-state index in [1.807, 2.05) is 32.0 Å². The fraction of sp³-hybridized carbons (Fsp3) is 0.500. The number of hydrogen-bond acceptors (Lipinski definition) is 1. The van der Waals surface area contributed by atoms with Crippen molar-refractivity contribution in [3.8, 4) is 0 Å². The van der Waals surface area contributed by atoms with Gasteiger partial charge in [0.1, 0.15) is 0 Å². The Morgan fingerprint density at radius 3 is 2.65 bits per heavy atom. The van der Waals surface area contributed by atoms with Gasteiger partial charge in [0, 0.05) is 17.5 Å². The van der Waals surface area contributed by atoms with Gasteiger partial charge in [-0.05, 0) is 38.3 Å². The van der Waals surface area contributed by atoms with Gasteiger partial charge in [0.2, 0.25) is 0 Å². The SMILES string of the molecule is CCC(CCCl)NC(=O)c1ccc(C)cc1C. The summed E-state index contributed by atoms with van der Waals surface area (Å²) in [5.41, 5.74) is 2.94. The van der Waals surface area contributed by atoms with Gasteiger partial charge in [0.25, 0.3) is 5.91 Å². The molecule has 1 aromatic rings. The standard InChI is InChI=1S/C14H20ClNO/c1-4-12(7-8-15)16-14(17)13-6-5-10(2)9-11(13)3/h5-6,9,12H,4,7-8H2,1-3H3,(H,16,17). The molecular weight excluding hydrogens is 234 g/mol. The van der Waals surface area contributed by atoms with Crippen LogP contribution in [0.25, 0.3) is 0 Å². The van der Waals surface area contributed by atoms with Crippen LogP contribution in [0.4, 0.5) is 0 Å². The molecule has 0 fully saturated rings. The minimum atomic E-state index is -0.000494. The molecule has 1 unspecified atom stereocenters. The Balaban J connectivity index is 2.75. The van der Waals surface area contributed by atoms with Crippen molar-refractivity contribution < 1.29 is 4.79 Å². The molecule has 1 rings (SSSR count). The number of benzene rings is 1. The van der Waals surface area contributed by atoms with E-state index in [2.05, 4.69) is 12.2 Å². The summed E-state index contributed by atoms with van der Waals surface area (Å²) in [4.78, 5) is 12.1. The molecule has 0 radical (unpaired) electrons. The number of halogens is 1. The van der Waals surface area contributed by atoms with E-state index in [4.69, 9.17) is 11.6 Å². The topological polar surface area (TPSA) is 29.1 Å². The van der Waals surface area contributed by atoms with Crippen LogP contribution in [0.3, 0.4) is 0 Å². The fourth-order valence-corrected chi connectivity index (χ4v) is 2.10. The Labute approximate surface area is 108 Å². The van der Waals surface area contributed by atoms with E-state index in [0.717, 1.165) is 24.0 Å². The van der Waals surface area contributed by atoms with Gasteiger partial charge >= 0.3 is 0 Å². The first kappa shape index (κ1) is 14.0. The van der Waals surface area contributed by atoms with E-state index in [1.165, 1.54) is 5.56 Å². The molecule has 0 aliphatic carbocycles. The molecule has 0 aliphatic rings. The van der Waals surface area contributed by atoms with Crippen molar-refractivity contribution in [1.29, 1.82) is 0 Å². The summed E-state index contributed by atoms with van der Waals surface area (Å²) in [5.74, 6) is 0.575. The Bertz CT molecular complexity index is 390. The Morgan fingerprint density at radius 1 is 1.41 bits per heavy atom. The van der Waals surface area contributed by atoms with Crippen LogP contribution in [0.2, 0.25) is 0 Å². The normalized spacial score (nSPS) is 12.2. The summed E-state index contributed by atoms with van der Waals surface area (Å²) in [6.07, 6.45) is 1.72. The minimum absolute atomic E-state index is 0.000494. The third kappa shape index (κ3) is 4.04. The molecule has 2 nitrogen and oxygen atoms in total. The molecule has 0 bridgehead atoms. The van der Waals surface area contributed by atoms with E-state index < -0.39 is 0 Å². The van der Waals surface area contributed by atoms with Crippen molar-refractivity contribution in [2.75, 3.05) is 5.88 Å². The largest absolute Gasteiger partial charge is 0.349 e. The maximum Gasteiger partial charge on any atom is 0.251 e. The number of aryl methyl sites for hydroxylation is 2. The van der Waals surface area contributed by atoms with Crippen molar-refractivity contribution in [3.05, 3.63) is 34.9 Å². The van der Waals surface area contributed by atoms with E-state index in [1.54, 1.807) is 0 Å². The van der Waals surface area contributed by atoms with Gasteiger partial charge < -0.3 is 5.32 Å². The lowest BCUT2D eigenvalue weighted by molar-refractivity contribution is 0.0934. The molecule has 94 valence electrons. The van der Waals surface area contributed by atoms with Crippen molar-refractivity contribution in [3.63, 3.8) is 0 Å². The van der Waals surface area contributed by atoms with Crippen molar-refractivity contribution in [1.82, 2.24) is 5.32 Å². The van der Waals surface area contributed by atoms with Crippen LogP contribution < -0.4 is 5.32 Å². The molecule has 1 atom stereocenters. The lowest BCUT2D eigenvalue weighted by atomic mass is 10.0. The van der Waals surface area contributed by atoms with Crippen molar-refractivity contribution in [2.45, 2.75) is 39.7 Å². The van der Waals surface area contributed by atoms with Crippen LogP contribution in [0.15, 0.2) is 18.2 Å². The highest BCUT2D eigenvalue weighted by atomic mass is 35.5. The minimum Gasteiger partial charge on any atom is -0.349 e. The quantitative estimate of drug-likeness (QED) is 0.801. The average Bonchev–Trinajstić information content (AvgIpc) is 2.28. The van der Waals surface area contributed by atoms with E-state index in [0.29, 0.717) is 5.88 Å². The number of hydrogen-bond donors (Lipinski definition) is 1. The van der Waals surface area contributed by atoms with E-state index in [9.17, 15) is 4.79 Å². The van der Waals surface area contributed by atoms with Gasteiger partial charge in [-0.25, -0.2) is 0 Å². The van der Waals surface area contributed by atoms with E-state index in [-0.39, 0.29) is 11.9 Å². The summed E-state index contributed by atoms with van der Waals surface area (Å²) in [6, 6.07) is 6.04.